The number of fused-ring (bicyclic) bond motifs is 1. The van der Waals surface area contributed by atoms with E-state index >= 15 is 0 Å². The molecule has 2 aliphatic rings. The highest BCUT2D eigenvalue weighted by atomic mass is 35.5. The van der Waals surface area contributed by atoms with E-state index in [0.29, 0.717) is 6.79 Å². The number of ether oxygens (including phenoxy) is 2. The van der Waals surface area contributed by atoms with Gasteiger partial charge in [-0.2, -0.15) is 0 Å². The van der Waals surface area contributed by atoms with Crippen LogP contribution >= 0.6 is 12.4 Å². The Balaban J connectivity index is 0.00000147. The lowest BCUT2D eigenvalue weighted by molar-refractivity contribution is -0.00483. The van der Waals surface area contributed by atoms with Crippen molar-refractivity contribution in [2.24, 2.45) is 0 Å². The van der Waals surface area contributed by atoms with E-state index < -0.39 is 0 Å². The lowest BCUT2D eigenvalue weighted by Gasteiger charge is -2.31. The monoisotopic (exact) mass is 298 g/mol. The summed E-state index contributed by atoms with van der Waals surface area (Å²) in [7, 11) is 2.18. The highest BCUT2D eigenvalue weighted by molar-refractivity contribution is 5.85. The van der Waals surface area contributed by atoms with Gasteiger partial charge >= 0.3 is 0 Å². The summed E-state index contributed by atoms with van der Waals surface area (Å²) in [6.07, 6.45) is 5.36. The number of hydrogen-bond donors (Lipinski definition) is 0. The van der Waals surface area contributed by atoms with E-state index in [1.807, 2.05) is 6.07 Å². The Morgan fingerprint density at radius 2 is 1.75 bits per heavy atom. The maximum absolute atomic E-state index is 5.43. The lowest BCUT2D eigenvalue weighted by atomic mass is 10.2. The van der Waals surface area contributed by atoms with E-state index in [0.717, 1.165) is 18.0 Å². The third kappa shape index (κ3) is 3.57. The number of benzene rings is 1. The molecule has 0 saturated carbocycles. The standard InChI is InChI=1S/C15H22N2O2.ClH/c1-16(17-8-4-2-3-5-9-17)11-13-6-7-14-15(10-13)19-12-18-14;/h6-7,10H,2-5,8-9,11-12H2,1H3;1H. The normalized spacial score (nSPS) is 18.7. The zero-order chi connectivity index (χ0) is 13.1. The molecular weight excluding hydrogens is 276 g/mol. The van der Waals surface area contributed by atoms with Crippen molar-refractivity contribution < 1.29 is 9.47 Å². The van der Waals surface area contributed by atoms with E-state index in [4.69, 9.17) is 9.47 Å². The highest BCUT2D eigenvalue weighted by Gasteiger charge is 2.16. The summed E-state index contributed by atoms with van der Waals surface area (Å²) >= 11 is 0. The first-order valence-corrected chi connectivity index (χ1v) is 7.17. The lowest BCUT2D eigenvalue weighted by Crippen LogP contribution is -2.39. The molecule has 0 bridgehead atoms. The van der Waals surface area contributed by atoms with Crippen molar-refractivity contribution in [3.05, 3.63) is 23.8 Å². The first kappa shape index (κ1) is 15.4. The minimum atomic E-state index is 0. The van der Waals surface area contributed by atoms with E-state index in [1.165, 1.54) is 44.3 Å². The number of hydrogen-bond acceptors (Lipinski definition) is 4. The van der Waals surface area contributed by atoms with Gasteiger partial charge in [0.25, 0.3) is 0 Å². The molecule has 20 heavy (non-hydrogen) atoms. The Labute approximate surface area is 127 Å². The topological polar surface area (TPSA) is 24.9 Å². The fourth-order valence-corrected chi connectivity index (χ4v) is 2.80. The molecule has 112 valence electrons. The molecule has 0 amide bonds. The largest absolute Gasteiger partial charge is 0.454 e. The van der Waals surface area contributed by atoms with Gasteiger partial charge in [0.15, 0.2) is 11.5 Å². The summed E-state index contributed by atoms with van der Waals surface area (Å²) in [6, 6.07) is 6.23. The summed E-state index contributed by atoms with van der Waals surface area (Å²) in [5, 5.41) is 4.81. The molecule has 3 rings (SSSR count). The molecule has 2 aliphatic heterocycles. The molecule has 2 heterocycles. The number of nitrogens with zero attached hydrogens (tertiary/aromatic N) is 2. The van der Waals surface area contributed by atoms with Crippen molar-refractivity contribution in [2.75, 3.05) is 26.9 Å². The summed E-state index contributed by atoms with van der Waals surface area (Å²) in [4.78, 5) is 0. The molecular formula is C15H23ClN2O2. The van der Waals surface area contributed by atoms with Crippen LogP contribution in [0.25, 0.3) is 0 Å². The second-order valence-corrected chi connectivity index (χ2v) is 5.37. The van der Waals surface area contributed by atoms with Gasteiger partial charge < -0.3 is 9.47 Å². The van der Waals surface area contributed by atoms with Crippen molar-refractivity contribution in [3.8, 4) is 11.5 Å². The second-order valence-electron chi connectivity index (χ2n) is 5.37. The molecule has 0 unspecified atom stereocenters. The molecule has 1 saturated heterocycles. The van der Waals surface area contributed by atoms with E-state index in [1.54, 1.807) is 0 Å². The number of halogens is 1. The van der Waals surface area contributed by atoms with Gasteiger partial charge in [-0.3, -0.25) is 0 Å². The summed E-state index contributed by atoms with van der Waals surface area (Å²) in [5.74, 6) is 1.74. The van der Waals surface area contributed by atoms with E-state index in [-0.39, 0.29) is 12.4 Å². The second kappa shape index (κ2) is 7.16. The quantitative estimate of drug-likeness (QED) is 0.856. The van der Waals surface area contributed by atoms with Gasteiger partial charge in [0.1, 0.15) is 0 Å². The van der Waals surface area contributed by atoms with Gasteiger partial charge in [-0.15, -0.1) is 12.4 Å². The predicted molar refractivity (Wildman–Crippen MR) is 81.3 cm³/mol. The van der Waals surface area contributed by atoms with Gasteiger partial charge in [-0.25, -0.2) is 10.0 Å². The van der Waals surface area contributed by atoms with Crippen LogP contribution in [0.1, 0.15) is 31.2 Å². The Morgan fingerprint density at radius 1 is 1.05 bits per heavy atom. The molecule has 1 aromatic rings. The average Bonchev–Trinajstić information content (AvgIpc) is 2.71. The van der Waals surface area contributed by atoms with Crippen molar-refractivity contribution >= 4 is 12.4 Å². The molecule has 0 radical (unpaired) electrons. The Bertz CT molecular complexity index is 434. The number of rotatable bonds is 3. The van der Waals surface area contributed by atoms with Crippen LogP contribution in [0.2, 0.25) is 0 Å². The van der Waals surface area contributed by atoms with Gasteiger partial charge in [0, 0.05) is 26.7 Å². The van der Waals surface area contributed by atoms with Crippen LogP contribution in [0.15, 0.2) is 18.2 Å². The Morgan fingerprint density at radius 3 is 2.50 bits per heavy atom. The predicted octanol–water partition coefficient (Wildman–Crippen LogP) is 3.06. The van der Waals surface area contributed by atoms with Gasteiger partial charge in [-0.05, 0) is 30.5 Å². The summed E-state index contributed by atoms with van der Waals surface area (Å²) in [5.41, 5.74) is 1.27. The molecule has 1 fully saturated rings. The zero-order valence-electron chi connectivity index (χ0n) is 12.0. The van der Waals surface area contributed by atoms with Gasteiger partial charge in [0.05, 0.1) is 0 Å². The van der Waals surface area contributed by atoms with E-state index in [9.17, 15) is 0 Å². The fraction of sp³-hybridized carbons (Fsp3) is 0.600. The van der Waals surface area contributed by atoms with Crippen molar-refractivity contribution in [1.82, 2.24) is 10.0 Å². The first-order chi connectivity index (χ1) is 9.33. The minimum Gasteiger partial charge on any atom is -0.454 e. The highest BCUT2D eigenvalue weighted by Crippen LogP contribution is 2.32. The Kier molecular flexibility index (Phi) is 5.52. The SMILES string of the molecule is CN(Cc1ccc2c(c1)OCO2)N1CCCCCC1.Cl. The average molecular weight is 299 g/mol. The Hall–Kier alpha value is -0.970. The summed E-state index contributed by atoms with van der Waals surface area (Å²) < 4.78 is 10.8. The minimum absolute atomic E-state index is 0. The van der Waals surface area contributed by atoms with Crippen LogP contribution in [-0.2, 0) is 6.54 Å². The third-order valence-corrected chi connectivity index (χ3v) is 3.91. The molecule has 0 N–H and O–H groups in total. The van der Waals surface area contributed by atoms with Gasteiger partial charge in [-0.1, -0.05) is 18.9 Å². The molecule has 0 aromatic heterocycles. The maximum Gasteiger partial charge on any atom is 0.231 e. The van der Waals surface area contributed by atoms with Crippen LogP contribution < -0.4 is 9.47 Å². The maximum atomic E-state index is 5.43. The van der Waals surface area contributed by atoms with Crippen LogP contribution in [0.3, 0.4) is 0 Å². The molecule has 0 spiro atoms. The molecule has 1 aromatic carbocycles. The van der Waals surface area contributed by atoms with Crippen molar-refractivity contribution in [3.63, 3.8) is 0 Å². The van der Waals surface area contributed by atoms with Crippen molar-refractivity contribution in [1.29, 1.82) is 0 Å². The van der Waals surface area contributed by atoms with Crippen LogP contribution in [0, 0.1) is 0 Å². The van der Waals surface area contributed by atoms with Crippen LogP contribution in [0.4, 0.5) is 0 Å². The van der Waals surface area contributed by atoms with Crippen LogP contribution in [-0.4, -0.2) is 36.9 Å². The summed E-state index contributed by atoms with van der Waals surface area (Å²) in [6.45, 7) is 3.64. The molecule has 4 nitrogen and oxygen atoms in total. The van der Waals surface area contributed by atoms with E-state index in [2.05, 4.69) is 29.2 Å². The smallest absolute Gasteiger partial charge is 0.231 e. The first-order valence-electron chi connectivity index (χ1n) is 7.17. The molecule has 0 atom stereocenters. The zero-order valence-corrected chi connectivity index (χ0v) is 12.8. The molecule has 5 heteroatoms. The molecule has 0 aliphatic carbocycles. The van der Waals surface area contributed by atoms with Gasteiger partial charge in [0.2, 0.25) is 6.79 Å². The number of hydrazine groups is 1. The fourth-order valence-electron chi connectivity index (χ4n) is 2.80. The third-order valence-electron chi connectivity index (χ3n) is 3.91. The van der Waals surface area contributed by atoms with Crippen molar-refractivity contribution in [2.45, 2.75) is 32.2 Å². The van der Waals surface area contributed by atoms with Crippen LogP contribution in [0.5, 0.6) is 11.5 Å².